The summed E-state index contributed by atoms with van der Waals surface area (Å²) in [6.07, 6.45) is 0. The van der Waals surface area contributed by atoms with Gasteiger partial charge in [0, 0.05) is 11.3 Å². The molecule has 0 unspecified atom stereocenters. The molecule has 11 nitrogen and oxygen atoms in total. The van der Waals surface area contributed by atoms with E-state index in [0.29, 0.717) is 5.69 Å². The summed E-state index contributed by atoms with van der Waals surface area (Å²) in [6, 6.07) is 22.6. The highest BCUT2D eigenvalue weighted by Crippen LogP contribution is 2.56. The van der Waals surface area contributed by atoms with E-state index in [-0.39, 0.29) is 17.8 Å². The van der Waals surface area contributed by atoms with Crippen LogP contribution in [0.15, 0.2) is 101 Å². The van der Waals surface area contributed by atoms with Gasteiger partial charge in [-0.3, -0.25) is 4.79 Å². The zero-order chi connectivity index (χ0) is 32.5. The fourth-order valence-corrected chi connectivity index (χ4v) is 5.90. The summed E-state index contributed by atoms with van der Waals surface area (Å²) in [5, 5.41) is 0. The normalized spacial score (nSPS) is 17.3. The average molecular weight is 611 g/mol. The van der Waals surface area contributed by atoms with Crippen LogP contribution in [0.25, 0.3) is 0 Å². The number of ether oxygens (including phenoxy) is 4. The molecule has 45 heavy (non-hydrogen) atoms. The number of rotatable bonds is 7. The third kappa shape index (κ3) is 4.73. The molecule has 0 aromatic heterocycles. The molecule has 3 aromatic carbocycles. The highest BCUT2D eigenvalue weighted by Gasteiger charge is 2.65. The first-order chi connectivity index (χ1) is 21.7. The van der Waals surface area contributed by atoms with Gasteiger partial charge in [-0.15, -0.1) is 0 Å². The van der Waals surface area contributed by atoms with Crippen molar-refractivity contribution in [3.63, 3.8) is 0 Å². The number of para-hydroxylation sites is 1. The van der Waals surface area contributed by atoms with E-state index in [2.05, 4.69) is 0 Å². The smallest absolute Gasteiger partial charge is 0.355 e. The number of methoxy groups -OCH3 is 4. The molecular formula is C34H30N2O9. The van der Waals surface area contributed by atoms with Crippen LogP contribution in [0, 0.1) is 6.92 Å². The van der Waals surface area contributed by atoms with Gasteiger partial charge in [-0.25, -0.2) is 19.2 Å². The number of carbonyl (C=O) groups excluding carboxylic acids is 5. The van der Waals surface area contributed by atoms with Crippen LogP contribution in [0.5, 0.6) is 0 Å². The minimum absolute atomic E-state index is 0.0727. The highest BCUT2D eigenvalue weighted by molar-refractivity contribution is 6.26. The predicted octanol–water partition coefficient (Wildman–Crippen LogP) is 3.50. The minimum Gasteiger partial charge on any atom is -0.466 e. The van der Waals surface area contributed by atoms with Crippen molar-refractivity contribution in [1.29, 1.82) is 0 Å². The van der Waals surface area contributed by atoms with Crippen LogP contribution in [0.2, 0.25) is 0 Å². The van der Waals surface area contributed by atoms with E-state index in [9.17, 15) is 19.2 Å². The molecule has 0 N–H and O–H groups in total. The van der Waals surface area contributed by atoms with Crippen LogP contribution < -0.4 is 9.80 Å². The van der Waals surface area contributed by atoms with E-state index < -0.39 is 57.7 Å². The number of fused-ring (bicyclic) bond motifs is 2. The molecule has 2 aliphatic heterocycles. The molecule has 1 amide bonds. The molecule has 3 aromatic rings. The Morgan fingerprint density at radius 1 is 0.667 bits per heavy atom. The standard InChI is InChI=1S/C34H30N2O9/c1-20-15-17-22(18-16-20)36-28(32(40)45-5)26(30(38)43-3)25(29(37)42-2)27(31(39)44-4)34(36)23-13-9-10-14-24(23)35(33(34)41)19-21-11-7-6-8-12-21/h6-18H,19H2,1-5H3/t34-/m0/s1. The predicted molar refractivity (Wildman–Crippen MR) is 162 cm³/mol. The lowest BCUT2D eigenvalue weighted by Gasteiger charge is -2.46. The Kier molecular flexibility index (Phi) is 8.28. The Morgan fingerprint density at radius 3 is 1.82 bits per heavy atom. The van der Waals surface area contributed by atoms with Crippen molar-refractivity contribution in [3.05, 3.63) is 118 Å². The third-order valence-corrected chi connectivity index (χ3v) is 7.82. The maximum atomic E-state index is 15.3. The quantitative estimate of drug-likeness (QED) is 0.290. The summed E-state index contributed by atoms with van der Waals surface area (Å²) >= 11 is 0. The van der Waals surface area contributed by atoms with E-state index in [1.54, 1.807) is 48.5 Å². The van der Waals surface area contributed by atoms with Crippen LogP contribution in [-0.2, 0) is 55.0 Å². The van der Waals surface area contributed by atoms with E-state index in [1.807, 2.05) is 37.3 Å². The summed E-state index contributed by atoms with van der Waals surface area (Å²) in [5.74, 6) is -5.20. The van der Waals surface area contributed by atoms with Gasteiger partial charge in [-0.2, -0.15) is 0 Å². The van der Waals surface area contributed by atoms with E-state index in [0.717, 1.165) is 39.6 Å². The Morgan fingerprint density at radius 2 is 1.22 bits per heavy atom. The Hall–Kier alpha value is -5.71. The second kappa shape index (κ2) is 12.1. The SMILES string of the molecule is COC(=O)C1=C(C(=O)OC)N(c2ccc(C)cc2)[C@]2(C(=O)N(Cc3ccccc3)c3ccccc32)C(C(=O)OC)=C1C(=O)OC. The van der Waals surface area contributed by atoms with Crippen LogP contribution in [-0.4, -0.2) is 58.2 Å². The van der Waals surface area contributed by atoms with Gasteiger partial charge in [0.2, 0.25) is 0 Å². The summed E-state index contributed by atoms with van der Waals surface area (Å²) < 4.78 is 20.5. The maximum absolute atomic E-state index is 15.3. The van der Waals surface area contributed by atoms with Gasteiger partial charge in [0.05, 0.1) is 51.8 Å². The zero-order valence-electron chi connectivity index (χ0n) is 25.3. The molecule has 11 heteroatoms. The summed E-state index contributed by atoms with van der Waals surface area (Å²) in [5.41, 5.74) is -2.08. The van der Waals surface area contributed by atoms with Gasteiger partial charge in [0.25, 0.3) is 5.91 Å². The maximum Gasteiger partial charge on any atom is 0.355 e. The van der Waals surface area contributed by atoms with Gasteiger partial charge in [0.1, 0.15) is 11.3 Å². The van der Waals surface area contributed by atoms with Crippen molar-refractivity contribution in [2.24, 2.45) is 0 Å². The molecule has 0 aliphatic carbocycles. The van der Waals surface area contributed by atoms with Gasteiger partial charge in [-0.1, -0.05) is 66.2 Å². The molecule has 0 radical (unpaired) electrons. The number of anilines is 2. The first-order valence-corrected chi connectivity index (χ1v) is 13.8. The average Bonchev–Trinajstić information content (AvgIpc) is 3.30. The molecule has 0 saturated heterocycles. The number of carbonyl (C=O) groups is 5. The summed E-state index contributed by atoms with van der Waals surface area (Å²) in [7, 11) is 4.27. The lowest BCUT2D eigenvalue weighted by atomic mass is 9.73. The molecular weight excluding hydrogens is 580 g/mol. The summed E-state index contributed by atoms with van der Waals surface area (Å²) in [4.78, 5) is 73.1. The topological polar surface area (TPSA) is 129 Å². The van der Waals surface area contributed by atoms with Gasteiger partial charge in [0.15, 0.2) is 5.54 Å². The van der Waals surface area contributed by atoms with E-state index in [4.69, 9.17) is 18.9 Å². The number of hydrogen-bond donors (Lipinski definition) is 0. The Labute approximate surface area is 259 Å². The first kappa shape index (κ1) is 30.7. The van der Waals surface area contributed by atoms with E-state index in [1.165, 1.54) is 9.80 Å². The van der Waals surface area contributed by atoms with Crippen molar-refractivity contribution in [3.8, 4) is 0 Å². The lowest BCUT2D eigenvalue weighted by molar-refractivity contribution is -0.143. The summed E-state index contributed by atoms with van der Waals surface area (Å²) in [6.45, 7) is 1.92. The molecule has 5 rings (SSSR count). The van der Waals surface area contributed by atoms with Gasteiger partial charge < -0.3 is 28.7 Å². The van der Waals surface area contributed by atoms with E-state index >= 15 is 4.79 Å². The highest BCUT2D eigenvalue weighted by atomic mass is 16.5. The number of amides is 1. The lowest BCUT2D eigenvalue weighted by Crippen LogP contribution is -2.60. The van der Waals surface area contributed by atoms with Crippen molar-refractivity contribution >= 4 is 41.2 Å². The molecule has 1 atom stereocenters. The Bertz CT molecular complexity index is 1780. The van der Waals surface area contributed by atoms with Crippen LogP contribution in [0.3, 0.4) is 0 Å². The molecule has 0 fully saturated rings. The van der Waals surface area contributed by atoms with Crippen molar-refractivity contribution in [1.82, 2.24) is 0 Å². The van der Waals surface area contributed by atoms with Gasteiger partial charge in [-0.05, 0) is 30.7 Å². The van der Waals surface area contributed by atoms with Crippen LogP contribution in [0.1, 0.15) is 16.7 Å². The van der Waals surface area contributed by atoms with Crippen LogP contribution >= 0.6 is 0 Å². The van der Waals surface area contributed by atoms with Crippen molar-refractivity contribution < 1.29 is 42.9 Å². The minimum atomic E-state index is -2.25. The fraction of sp³-hybridized carbons (Fsp3) is 0.206. The van der Waals surface area contributed by atoms with Gasteiger partial charge >= 0.3 is 23.9 Å². The molecule has 230 valence electrons. The molecule has 1 spiro atoms. The molecule has 0 saturated carbocycles. The zero-order valence-corrected chi connectivity index (χ0v) is 25.3. The molecule has 2 heterocycles. The number of hydrogen-bond acceptors (Lipinski definition) is 10. The second-order valence-corrected chi connectivity index (χ2v) is 10.2. The largest absolute Gasteiger partial charge is 0.466 e. The number of nitrogens with zero attached hydrogens (tertiary/aromatic N) is 2. The second-order valence-electron chi connectivity index (χ2n) is 10.2. The third-order valence-electron chi connectivity index (χ3n) is 7.82. The number of aryl methyl sites for hydroxylation is 1. The Balaban J connectivity index is 2.02. The first-order valence-electron chi connectivity index (χ1n) is 13.8. The molecule has 2 aliphatic rings. The van der Waals surface area contributed by atoms with Crippen LogP contribution in [0.4, 0.5) is 11.4 Å². The molecule has 0 bridgehead atoms. The van der Waals surface area contributed by atoms with Crippen molar-refractivity contribution in [2.45, 2.75) is 19.0 Å². The number of benzene rings is 3. The van der Waals surface area contributed by atoms with Crippen molar-refractivity contribution in [2.75, 3.05) is 38.2 Å². The number of esters is 4. The fourth-order valence-electron chi connectivity index (χ4n) is 5.90. The monoisotopic (exact) mass is 610 g/mol.